The lowest BCUT2D eigenvalue weighted by Crippen LogP contribution is -2.50. The lowest BCUT2D eigenvalue weighted by atomic mass is 10.2. The van der Waals surface area contributed by atoms with E-state index in [1.54, 1.807) is 109 Å². The van der Waals surface area contributed by atoms with Gasteiger partial charge in [-0.1, -0.05) is 24.3 Å². The minimum Gasteiger partial charge on any atom is -0.492 e. The average molecular weight is 1650 g/mol. The Labute approximate surface area is 691 Å². The van der Waals surface area contributed by atoms with Gasteiger partial charge in [0.05, 0.1) is 22.7 Å². The molecule has 8 aromatic rings. The van der Waals surface area contributed by atoms with Crippen LogP contribution in [0.2, 0.25) is 0 Å². The number of nitrogens with zero attached hydrogens (tertiary/aromatic N) is 8. The van der Waals surface area contributed by atoms with Crippen molar-refractivity contribution in [2.45, 2.75) is 52.7 Å². The van der Waals surface area contributed by atoms with Crippen molar-refractivity contribution in [3.63, 3.8) is 0 Å². The third kappa shape index (κ3) is 31.9. The zero-order chi connectivity index (χ0) is 79.8. The molecule has 6 heterocycles. The number of piperazine rings is 4. The number of para-hydroxylation sites is 4. The number of nitrogens with two attached hydrogens (primary N) is 2. The van der Waals surface area contributed by atoms with Gasteiger partial charge < -0.3 is 102 Å². The molecule has 4 aliphatic rings. The Morgan fingerprint density at radius 1 is 0.417 bits per heavy atom. The smallest absolute Gasteiger partial charge is 0.410 e. The summed E-state index contributed by atoms with van der Waals surface area (Å²) in [7, 11) is 3.09. The van der Waals surface area contributed by atoms with Crippen molar-refractivity contribution in [3.8, 4) is 34.5 Å². The highest BCUT2D eigenvalue weighted by molar-refractivity contribution is 6.02. The van der Waals surface area contributed by atoms with Gasteiger partial charge in [-0.2, -0.15) is 0 Å². The van der Waals surface area contributed by atoms with Crippen LogP contribution in [0.25, 0.3) is 0 Å². The number of pyridine rings is 2. The van der Waals surface area contributed by atoms with Gasteiger partial charge >= 0.3 is 24.2 Å². The van der Waals surface area contributed by atoms with Gasteiger partial charge in [0, 0.05) is 179 Å². The average Bonchev–Trinajstić information content (AvgIpc) is 0.987. The zero-order valence-electron chi connectivity index (χ0n) is 66.3. The summed E-state index contributed by atoms with van der Waals surface area (Å²) in [4.78, 5) is 93.1. The molecule has 4 aliphatic heterocycles. The van der Waals surface area contributed by atoms with Crippen LogP contribution in [0, 0.1) is 0 Å². The zero-order valence-corrected chi connectivity index (χ0v) is 68.8. The number of hydrogen-bond donors (Lipinski definition) is 10. The van der Waals surface area contributed by atoms with Gasteiger partial charge in [0.2, 0.25) is 0 Å². The molecule has 30 nitrogen and oxygen atoms in total. The standard InChI is InChI=1S/C26H30N6O4.C24H26N6O3.C17H27N3O3.C15H23N3O2.3ClH/c1-27-25(33)24-18-23(10-11-29-24)36-22-8-4-20(5-9-22)31-26(34)30-19-2-6-21(7-3-19)35-17-16-32-14-12-28-13-15-32;1-25-23(31)21-16-19(10-11-27-21)33-18-8-6-17(7-9-18)28-24(32)29-20-4-2-3-5-22(20)30-14-12-26-13-15-30;1-17(2,3)23-16(21)20-10-8-19(9-11-20)12-13-22-15-6-4-14(18)5-7-15;1-15(2,3)20-14(19)18-10-8-17(9-11-18)13-7-5-4-6-12(13)16;;;/h2-11,18,28H,12-17H2,1H3,(H,27,33)(H2,30,31,34);2-11,16,26H,12-15H2,1H3,(H,25,31)(H2,28,29,32);4-7H,8-13,18H2,1-3H3;4-7H,8-11,16H2,1-3H3;3*1H. The molecule has 4 fully saturated rings. The highest BCUT2D eigenvalue weighted by atomic mass is 35.5. The van der Waals surface area contributed by atoms with Crippen molar-refractivity contribution < 1.29 is 57.2 Å². The molecule has 12 rings (SSSR count). The highest BCUT2D eigenvalue weighted by Crippen LogP contribution is 2.30. The third-order valence-electron chi connectivity index (χ3n) is 17.5. The maximum absolute atomic E-state index is 12.6. The topological polar surface area (TPSA) is 351 Å². The van der Waals surface area contributed by atoms with Crippen LogP contribution in [-0.2, 0) is 9.47 Å². The molecular formula is C82H109Cl3N18O12. The minimum atomic E-state index is -0.446. The number of nitrogen functional groups attached to an aromatic ring is 2. The number of benzene rings is 6. The number of halogens is 3. The predicted molar refractivity (Wildman–Crippen MR) is 460 cm³/mol. The summed E-state index contributed by atoms with van der Waals surface area (Å²) in [5.74, 6) is 3.12. The first-order chi connectivity index (χ1) is 53.9. The molecule has 115 heavy (non-hydrogen) atoms. The summed E-state index contributed by atoms with van der Waals surface area (Å²) in [6.07, 6.45) is 2.55. The molecule has 0 spiro atoms. The van der Waals surface area contributed by atoms with Crippen LogP contribution in [0.3, 0.4) is 0 Å². The first-order valence-corrected chi connectivity index (χ1v) is 37.5. The van der Waals surface area contributed by atoms with Crippen molar-refractivity contribution in [1.82, 2.24) is 50.8 Å². The minimum absolute atomic E-state index is 0. The number of carbonyl (C=O) groups is 6. The molecule has 8 amide bonds. The van der Waals surface area contributed by atoms with E-state index in [4.69, 9.17) is 39.9 Å². The van der Waals surface area contributed by atoms with Crippen LogP contribution in [0.4, 0.5) is 64.7 Å². The van der Waals surface area contributed by atoms with Gasteiger partial charge in [0.15, 0.2) is 0 Å². The monoisotopic (exact) mass is 1640 g/mol. The number of anilines is 8. The van der Waals surface area contributed by atoms with Crippen molar-refractivity contribution in [1.29, 1.82) is 0 Å². The number of hydrogen-bond acceptors (Lipinski definition) is 22. The van der Waals surface area contributed by atoms with Gasteiger partial charge in [-0.05, 0) is 175 Å². The summed E-state index contributed by atoms with van der Waals surface area (Å²) < 4.78 is 33.9. The normalized spacial score (nSPS) is 14.1. The SMILES string of the molecule is CC(C)(C)OC(=O)N1CCN(CCOc2ccc(N)cc2)CC1.CC(C)(C)OC(=O)N1CCN(c2ccccc2N)CC1.CNC(=O)c1cc(Oc2ccc(NC(=O)Nc3ccc(OCCN4CCNCC4)cc3)cc2)ccn1.CNC(=O)c1cc(Oc2ccc(NC(=O)Nc3ccccc3N3CCNCC3)cc2)ccn1.Cl.Cl.Cl. The fraction of sp³-hybridized carbons (Fsp3) is 0.366. The fourth-order valence-corrected chi connectivity index (χ4v) is 11.7. The molecule has 33 heteroatoms. The molecule has 2 aromatic heterocycles. The number of amides is 8. The highest BCUT2D eigenvalue weighted by Gasteiger charge is 2.28. The molecule has 0 radical (unpaired) electrons. The van der Waals surface area contributed by atoms with Gasteiger partial charge in [0.25, 0.3) is 11.8 Å². The maximum Gasteiger partial charge on any atom is 0.410 e. The van der Waals surface area contributed by atoms with E-state index in [9.17, 15) is 28.8 Å². The van der Waals surface area contributed by atoms with E-state index < -0.39 is 11.2 Å². The van der Waals surface area contributed by atoms with E-state index in [0.29, 0.717) is 79.5 Å². The predicted octanol–water partition coefficient (Wildman–Crippen LogP) is 12.2. The molecule has 0 unspecified atom stereocenters. The second-order valence-electron chi connectivity index (χ2n) is 28.3. The van der Waals surface area contributed by atoms with Crippen molar-refractivity contribution in [3.05, 3.63) is 194 Å². The fourth-order valence-electron chi connectivity index (χ4n) is 11.7. The van der Waals surface area contributed by atoms with Crippen molar-refractivity contribution in [2.24, 2.45) is 0 Å². The van der Waals surface area contributed by atoms with Gasteiger partial charge in [-0.15, -0.1) is 37.2 Å². The Hall–Kier alpha value is -11.3. The molecule has 0 aliphatic carbocycles. The molecule has 4 saturated heterocycles. The quantitative estimate of drug-likeness (QED) is 0.0317. The van der Waals surface area contributed by atoms with E-state index in [1.807, 2.05) is 126 Å². The maximum atomic E-state index is 12.6. The van der Waals surface area contributed by atoms with Crippen LogP contribution in [-0.4, -0.2) is 222 Å². The molecule has 620 valence electrons. The summed E-state index contributed by atoms with van der Waals surface area (Å²) in [5, 5.41) is 23.1. The number of urea groups is 2. The van der Waals surface area contributed by atoms with Crippen molar-refractivity contribution in [2.75, 3.05) is 188 Å². The largest absolute Gasteiger partial charge is 0.492 e. The van der Waals surface area contributed by atoms with Crippen molar-refractivity contribution >= 4 is 119 Å². The van der Waals surface area contributed by atoms with Gasteiger partial charge in [-0.3, -0.25) is 29.4 Å². The number of nitrogens with one attached hydrogen (secondary N) is 8. The molecule has 0 atom stereocenters. The van der Waals surface area contributed by atoms with Crippen LogP contribution in [0.5, 0.6) is 34.5 Å². The summed E-state index contributed by atoms with van der Waals surface area (Å²) in [6.45, 7) is 27.9. The van der Waals surface area contributed by atoms with Crippen LogP contribution in [0.1, 0.15) is 62.5 Å². The van der Waals surface area contributed by atoms with Gasteiger partial charge in [0.1, 0.15) is 70.3 Å². The first-order valence-electron chi connectivity index (χ1n) is 37.5. The number of rotatable bonds is 20. The lowest BCUT2D eigenvalue weighted by Gasteiger charge is -2.37. The molecule has 0 bridgehead atoms. The second-order valence-corrected chi connectivity index (χ2v) is 28.3. The number of carbonyl (C=O) groups excluding carboxylic acids is 6. The van der Waals surface area contributed by atoms with Gasteiger partial charge in [-0.25, -0.2) is 19.2 Å². The Morgan fingerprint density at radius 3 is 1.23 bits per heavy atom. The third-order valence-corrected chi connectivity index (χ3v) is 17.5. The Morgan fingerprint density at radius 2 is 0.791 bits per heavy atom. The molecule has 0 saturated carbocycles. The van der Waals surface area contributed by atoms with E-state index in [-0.39, 0.29) is 84.7 Å². The lowest BCUT2D eigenvalue weighted by molar-refractivity contribution is 0.0135. The van der Waals surface area contributed by atoms with E-state index in [0.717, 1.165) is 132 Å². The molecule has 6 aromatic carbocycles. The van der Waals surface area contributed by atoms with E-state index in [1.165, 1.54) is 12.4 Å². The Balaban J connectivity index is 0.000000243. The first kappa shape index (κ1) is 92.6. The van der Waals surface area contributed by atoms with E-state index in [2.05, 4.69) is 72.1 Å². The Bertz CT molecular complexity index is 4310. The van der Waals surface area contributed by atoms with Crippen LogP contribution in [0.15, 0.2) is 182 Å². The number of aromatic nitrogens is 2. The molecule has 12 N–H and O–H groups in total. The van der Waals surface area contributed by atoms with E-state index >= 15 is 0 Å². The van der Waals surface area contributed by atoms with Crippen LogP contribution < -0.4 is 82.7 Å². The molecular weight excluding hydrogens is 1540 g/mol. The summed E-state index contributed by atoms with van der Waals surface area (Å²) in [5.41, 5.74) is 17.5. The summed E-state index contributed by atoms with van der Waals surface area (Å²) >= 11 is 0. The second kappa shape index (κ2) is 46.8. The summed E-state index contributed by atoms with van der Waals surface area (Å²) in [6, 6.07) is 49.9. The Kier molecular flexibility index (Phi) is 37.7. The van der Waals surface area contributed by atoms with Crippen LogP contribution >= 0.6 is 37.2 Å². The number of ether oxygens (including phenoxy) is 6.